The van der Waals surface area contributed by atoms with E-state index in [4.69, 9.17) is 4.74 Å². The molecule has 0 amide bonds. The molecule has 0 saturated carbocycles. The van der Waals surface area contributed by atoms with Gasteiger partial charge in [0.2, 0.25) is 0 Å². The quantitative estimate of drug-likeness (QED) is 0.283. The molecule has 3 unspecified atom stereocenters. The molecule has 7 nitrogen and oxygen atoms in total. The molecule has 178 valence electrons. The topological polar surface area (TPSA) is 96.7 Å². The predicted octanol–water partition coefficient (Wildman–Crippen LogP) is 5.51. The van der Waals surface area contributed by atoms with E-state index in [1.807, 2.05) is 0 Å². The standard InChI is InChI=1S/C23H19BrF3N3O4/c24-15-5-3-14(4-6-15)20-21(28-29-22(20)23(25,26)27)18-10-9-17(11-19(18)31)34-12-13-1-7-16(8-2-13)30(32)33/h1-11,20-22,28-29,31H,12H2. The zero-order valence-corrected chi connectivity index (χ0v) is 19.0. The van der Waals surface area contributed by atoms with Crippen LogP contribution in [0, 0.1) is 10.1 Å². The largest absolute Gasteiger partial charge is 0.507 e. The zero-order chi connectivity index (χ0) is 24.5. The lowest BCUT2D eigenvalue weighted by Gasteiger charge is -2.26. The maximum atomic E-state index is 13.7. The van der Waals surface area contributed by atoms with E-state index in [1.165, 1.54) is 24.3 Å². The Morgan fingerprint density at radius 1 is 1.03 bits per heavy atom. The van der Waals surface area contributed by atoms with Crippen LogP contribution >= 0.6 is 15.9 Å². The number of nitrogens with zero attached hydrogens (tertiary/aromatic N) is 1. The minimum atomic E-state index is -4.51. The summed E-state index contributed by atoms with van der Waals surface area (Å²) in [5.41, 5.74) is 6.41. The molecule has 0 radical (unpaired) electrons. The van der Waals surface area contributed by atoms with Crippen LogP contribution in [0.15, 0.2) is 71.2 Å². The highest BCUT2D eigenvalue weighted by molar-refractivity contribution is 9.10. The third-order valence-electron chi connectivity index (χ3n) is 5.61. The first-order chi connectivity index (χ1) is 16.1. The lowest BCUT2D eigenvalue weighted by Crippen LogP contribution is -2.43. The van der Waals surface area contributed by atoms with Crippen molar-refractivity contribution in [3.05, 3.63) is 98.0 Å². The highest BCUT2D eigenvalue weighted by Crippen LogP contribution is 2.45. The summed E-state index contributed by atoms with van der Waals surface area (Å²) >= 11 is 3.29. The molecule has 3 aromatic carbocycles. The van der Waals surface area contributed by atoms with E-state index in [-0.39, 0.29) is 23.6 Å². The van der Waals surface area contributed by atoms with Gasteiger partial charge in [-0.2, -0.15) is 13.2 Å². The molecule has 4 rings (SSSR count). The molecule has 1 aliphatic rings. The van der Waals surface area contributed by atoms with Crippen molar-refractivity contribution in [1.82, 2.24) is 10.9 Å². The molecule has 0 spiro atoms. The second-order valence-corrected chi connectivity index (χ2v) is 8.71. The molecule has 0 bridgehead atoms. The monoisotopic (exact) mass is 537 g/mol. The van der Waals surface area contributed by atoms with Gasteiger partial charge < -0.3 is 9.84 Å². The third kappa shape index (κ3) is 5.16. The van der Waals surface area contributed by atoms with Gasteiger partial charge in [0, 0.05) is 34.2 Å². The lowest BCUT2D eigenvalue weighted by atomic mass is 9.83. The number of nitro groups is 1. The van der Waals surface area contributed by atoms with Crippen LogP contribution < -0.4 is 15.6 Å². The van der Waals surface area contributed by atoms with Crippen molar-refractivity contribution >= 4 is 21.6 Å². The second kappa shape index (κ2) is 9.61. The van der Waals surface area contributed by atoms with Crippen molar-refractivity contribution in [1.29, 1.82) is 0 Å². The van der Waals surface area contributed by atoms with Crippen molar-refractivity contribution < 1.29 is 27.9 Å². The smallest absolute Gasteiger partial charge is 0.405 e. The number of alkyl halides is 3. The van der Waals surface area contributed by atoms with Gasteiger partial charge in [0.25, 0.3) is 5.69 Å². The van der Waals surface area contributed by atoms with Gasteiger partial charge in [0.1, 0.15) is 24.1 Å². The van der Waals surface area contributed by atoms with Gasteiger partial charge >= 0.3 is 6.18 Å². The van der Waals surface area contributed by atoms with Gasteiger partial charge in [-0.3, -0.25) is 10.1 Å². The number of benzene rings is 3. The van der Waals surface area contributed by atoms with Crippen LogP contribution in [0.1, 0.15) is 28.7 Å². The van der Waals surface area contributed by atoms with E-state index in [1.54, 1.807) is 42.5 Å². The minimum Gasteiger partial charge on any atom is -0.507 e. The summed E-state index contributed by atoms with van der Waals surface area (Å²) in [6.07, 6.45) is -4.51. The zero-order valence-electron chi connectivity index (χ0n) is 17.4. The molecular formula is C23H19BrF3N3O4. The molecule has 1 heterocycles. The molecule has 3 atom stereocenters. The first-order valence-corrected chi connectivity index (χ1v) is 10.9. The number of ether oxygens (including phenoxy) is 1. The number of hydrogen-bond donors (Lipinski definition) is 3. The first-order valence-electron chi connectivity index (χ1n) is 10.2. The summed E-state index contributed by atoms with van der Waals surface area (Å²) in [5.74, 6) is -0.936. The Bertz CT molecular complexity index is 1170. The minimum absolute atomic E-state index is 0.0408. The molecular weight excluding hydrogens is 519 g/mol. The lowest BCUT2D eigenvalue weighted by molar-refractivity contribution is -0.384. The van der Waals surface area contributed by atoms with Gasteiger partial charge in [0.15, 0.2) is 0 Å². The Morgan fingerprint density at radius 2 is 1.71 bits per heavy atom. The molecule has 0 aliphatic carbocycles. The Kier molecular flexibility index (Phi) is 6.78. The summed E-state index contributed by atoms with van der Waals surface area (Å²) in [5, 5.41) is 21.4. The fourth-order valence-electron chi connectivity index (χ4n) is 3.93. The molecule has 1 aliphatic heterocycles. The number of hydrazine groups is 1. The molecule has 11 heteroatoms. The Labute approximate surface area is 200 Å². The van der Waals surface area contributed by atoms with Crippen LogP contribution in [-0.4, -0.2) is 22.2 Å². The number of nitro benzene ring substituents is 1. The molecule has 3 aromatic rings. The summed E-state index contributed by atoms with van der Waals surface area (Å²) in [6, 6.07) is 14.1. The number of non-ortho nitro benzene ring substituents is 1. The number of phenols is 1. The fourth-order valence-corrected chi connectivity index (χ4v) is 4.20. The van der Waals surface area contributed by atoms with Crippen LogP contribution in [0.2, 0.25) is 0 Å². The highest BCUT2D eigenvalue weighted by atomic mass is 79.9. The highest BCUT2D eigenvalue weighted by Gasteiger charge is 2.52. The van der Waals surface area contributed by atoms with Crippen LogP contribution in [0.4, 0.5) is 18.9 Å². The van der Waals surface area contributed by atoms with Crippen molar-refractivity contribution in [2.24, 2.45) is 0 Å². The summed E-state index contributed by atoms with van der Waals surface area (Å²) in [7, 11) is 0. The number of nitrogens with one attached hydrogen (secondary N) is 2. The van der Waals surface area contributed by atoms with Gasteiger partial charge in [-0.25, -0.2) is 10.9 Å². The molecule has 1 saturated heterocycles. The Balaban J connectivity index is 1.54. The SMILES string of the molecule is O=[N+]([O-])c1ccc(COc2ccc(C3NNC(C(F)(F)F)C3c3ccc(Br)cc3)c(O)c2)cc1. The average Bonchev–Trinajstić information content (AvgIpc) is 3.24. The van der Waals surface area contributed by atoms with Crippen LogP contribution in [0.3, 0.4) is 0 Å². The number of phenolic OH excluding ortho intramolecular Hbond substituents is 1. The van der Waals surface area contributed by atoms with Crippen molar-refractivity contribution in [3.8, 4) is 11.5 Å². The number of aromatic hydroxyl groups is 1. The molecule has 34 heavy (non-hydrogen) atoms. The molecule has 1 fully saturated rings. The van der Waals surface area contributed by atoms with Crippen LogP contribution in [0.25, 0.3) is 0 Å². The normalized spacial score (nSPS) is 20.3. The summed E-state index contributed by atoms with van der Waals surface area (Å²) < 4.78 is 47.6. The predicted molar refractivity (Wildman–Crippen MR) is 121 cm³/mol. The van der Waals surface area contributed by atoms with Crippen molar-refractivity contribution in [2.45, 2.75) is 30.8 Å². The van der Waals surface area contributed by atoms with E-state index in [0.29, 0.717) is 16.9 Å². The van der Waals surface area contributed by atoms with E-state index in [2.05, 4.69) is 26.8 Å². The summed E-state index contributed by atoms with van der Waals surface area (Å²) in [4.78, 5) is 10.2. The Morgan fingerprint density at radius 3 is 2.29 bits per heavy atom. The van der Waals surface area contributed by atoms with Crippen molar-refractivity contribution in [2.75, 3.05) is 0 Å². The maximum absolute atomic E-state index is 13.7. The average molecular weight is 538 g/mol. The van der Waals surface area contributed by atoms with Crippen LogP contribution in [0.5, 0.6) is 11.5 Å². The van der Waals surface area contributed by atoms with E-state index in [0.717, 1.165) is 4.47 Å². The van der Waals surface area contributed by atoms with Crippen molar-refractivity contribution in [3.63, 3.8) is 0 Å². The molecule has 0 aromatic heterocycles. The molecule has 3 N–H and O–H groups in total. The summed E-state index contributed by atoms with van der Waals surface area (Å²) in [6.45, 7) is 0.0949. The number of halogens is 4. The van der Waals surface area contributed by atoms with Crippen LogP contribution in [-0.2, 0) is 6.61 Å². The van der Waals surface area contributed by atoms with Gasteiger partial charge in [-0.1, -0.05) is 34.1 Å². The van der Waals surface area contributed by atoms with E-state index < -0.39 is 29.1 Å². The maximum Gasteiger partial charge on any atom is 0.405 e. The fraction of sp³-hybridized carbons (Fsp3) is 0.217. The number of rotatable bonds is 6. The Hall–Kier alpha value is -3.15. The van der Waals surface area contributed by atoms with E-state index >= 15 is 0 Å². The second-order valence-electron chi connectivity index (χ2n) is 7.80. The first kappa shape index (κ1) is 24.0. The number of hydrogen-bond acceptors (Lipinski definition) is 6. The van der Waals surface area contributed by atoms with Gasteiger partial charge in [0.05, 0.1) is 11.0 Å². The van der Waals surface area contributed by atoms with Gasteiger partial charge in [-0.05, 0) is 41.5 Å². The third-order valence-corrected chi connectivity index (χ3v) is 6.14. The van der Waals surface area contributed by atoms with Gasteiger partial charge in [-0.15, -0.1) is 0 Å². The van der Waals surface area contributed by atoms with E-state index in [9.17, 15) is 28.4 Å².